The van der Waals surface area contributed by atoms with Crippen molar-refractivity contribution in [2.24, 2.45) is 0 Å². The van der Waals surface area contributed by atoms with Crippen LogP contribution in [0, 0.1) is 0 Å². The van der Waals surface area contributed by atoms with Crippen LogP contribution in [-0.2, 0) is 4.79 Å². The van der Waals surface area contributed by atoms with Crippen LogP contribution >= 0.6 is 0 Å². The van der Waals surface area contributed by atoms with E-state index < -0.39 is 0 Å². The number of nitrogens with zero attached hydrogens (tertiary/aromatic N) is 2. The summed E-state index contributed by atoms with van der Waals surface area (Å²) in [5, 5.41) is 6.29. The minimum Gasteiger partial charge on any atom is -0.494 e. The van der Waals surface area contributed by atoms with E-state index >= 15 is 0 Å². The van der Waals surface area contributed by atoms with Crippen molar-refractivity contribution in [1.29, 1.82) is 0 Å². The number of hydrogen-bond donors (Lipinski definition) is 1. The summed E-state index contributed by atoms with van der Waals surface area (Å²) >= 11 is 0. The molecule has 1 amide bonds. The number of anilines is 1. The molecule has 0 saturated carbocycles. The molecule has 0 aliphatic carbocycles. The van der Waals surface area contributed by atoms with Gasteiger partial charge in [-0.3, -0.25) is 10.1 Å². The van der Waals surface area contributed by atoms with Gasteiger partial charge in [-0.05, 0) is 48.0 Å². The molecule has 0 bridgehead atoms. The Morgan fingerprint density at radius 3 is 2.50 bits per heavy atom. The maximum atomic E-state index is 11.9. The minimum atomic E-state index is -0.371. The van der Waals surface area contributed by atoms with E-state index in [0.29, 0.717) is 18.2 Å². The molecular weight excluding hydrogens is 334 g/mol. The maximum absolute atomic E-state index is 11.9. The van der Waals surface area contributed by atoms with Gasteiger partial charge in [-0.1, -0.05) is 25.1 Å². The molecule has 1 aromatic heterocycles. The lowest BCUT2D eigenvalue weighted by Gasteiger charge is -2.04. The number of aromatic nitrogens is 2. The molecule has 7 nitrogen and oxygen atoms in total. The lowest BCUT2D eigenvalue weighted by molar-refractivity contribution is -0.118. The first-order valence-corrected chi connectivity index (χ1v) is 8.29. The van der Waals surface area contributed by atoms with E-state index in [4.69, 9.17) is 14.0 Å². The van der Waals surface area contributed by atoms with Gasteiger partial charge in [-0.2, -0.15) is 4.98 Å². The summed E-state index contributed by atoms with van der Waals surface area (Å²) in [6, 6.07) is 16.4. The number of ether oxygens (including phenoxy) is 2. The topological polar surface area (TPSA) is 86.5 Å². The molecule has 7 heteroatoms. The van der Waals surface area contributed by atoms with Gasteiger partial charge in [0.1, 0.15) is 11.5 Å². The zero-order valence-electron chi connectivity index (χ0n) is 14.3. The maximum Gasteiger partial charge on any atom is 0.270 e. The van der Waals surface area contributed by atoms with Gasteiger partial charge >= 0.3 is 0 Å². The van der Waals surface area contributed by atoms with Crippen LogP contribution in [0.15, 0.2) is 59.1 Å². The summed E-state index contributed by atoms with van der Waals surface area (Å²) in [4.78, 5) is 16.1. The number of carbonyl (C=O) groups is 1. The van der Waals surface area contributed by atoms with Gasteiger partial charge in [0.2, 0.25) is 0 Å². The average molecular weight is 353 g/mol. The van der Waals surface area contributed by atoms with Crippen LogP contribution in [0.3, 0.4) is 0 Å². The second-order valence-electron chi connectivity index (χ2n) is 5.45. The number of rotatable bonds is 8. The lowest BCUT2D eigenvalue weighted by Crippen LogP contribution is -2.20. The third-order valence-corrected chi connectivity index (χ3v) is 3.36. The second kappa shape index (κ2) is 8.66. The number of carbonyl (C=O) groups excluding carboxylic acids is 1. The highest BCUT2D eigenvalue weighted by Crippen LogP contribution is 2.22. The Hall–Kier alpha value is -3.35. The Labute approximate surface area is 150 Å². The zero-order chi connectivity index (χ0) is 18.2. The molecule has 0 fully saturated rings. The third kappa shape index (κ3) is 4.83. The molecule has 0 unspecified atom stereocenters. The van der Waals surface area contributed by atoms with Crippen molar-refractivity contribution in [3.63, 3.8) is 0 Å². The molecule has 0 aliphatic heterocycles. The largest absolute Gasteiger partial charge is 0.494 e. The van der Waals surface area contributed by atoms with Gasteiger partial charge in [0, 0.05) is 5.56 Å². The molecule has 0 radical (unpaired) electrons. The summed E-state index contributed by atoms with van der Waals surface area (Å²) in [6.45, 7) is 2.58. The van der Waals surface area contributed by atoms with Gasteiger partial charge in [0.15, 0.2) is 6.61 Å². The normalized spacial score (nSPS) is 10.3. The van der Waals surface area contributed by atoms with Crippen LogP contribution in [0.2, 0.25) is 0 Å². The van der Waals surface area contributed by atoms with Crippen LogP contribution in [-0.4, -0.2) is 29.3 Å². The van der Waals surface area contributed by atoms with Gasteiger partial charge < -0.3 is 14.0 Å². The fraction of sp³-hybridized carbons (Fsp3) is 0.211. The van der Waals surface area contributed by atoms with Crippen LogP contribution in [0.5, 0.6) is 11.5 Å². The van der Waals surface area contributed by atoms with Crippen molar-refractivity contribution < 1.29 is 18.8 Å². The first kappa shape index (κ1) is 17.5. The van der Waals surface area contributed by atoms with Crippen molar-refractivity contribution in [2.75, 3.05) is 18.5 Å². The SMILES string of the molecule is CCCOc1ccc(-c2nc(NC(=O)COc3ccccc3)no2)cc1. The zero-order valence-corrected chi connectivity index (χ0v) is 14.3. The molecule has 3 rings (SSSR count). The summed E-state index contributed by atoms with van der Waals surface area (Å²) in [5.74, 6) is 1.42. The molecule has 0 aliphatic rings. The molecule has 0 spiro atoms. The Kier molecular flexibility index (Phi) is 5.82. The van der Waals surface area contributed by atoms with Crippen molar-refractivity contribution in [1.82, 2.24) is 10.1 Å². The smallest absolute Gasteiger partial charge is 0.270 e. The minimum absolute atomic E-state index is 0.0907. The fourth-order valence-corrected chi connectivity index (χ4v) is 2.13. The van der Waals surface area contributed by atoms with E-state index in [-0.39, 0.29) is 18.5 Å². The van der Waals surface area contributed by atoms with Crippen LogP contribution in [0.4, 0.5) is 5.95 Å². The predicted octanol–water partition coefficient (Wildman–Crippen LogP) is 3.54. The monoisotopic (exact) mass is 353 g/mol. The van der Waals surface area contributed by atoms with Crippen LogP contribution < -0.4 is 14.8 Å². The average Bonchev–Trinajstić information content (AvgIpc) is 3.14. The number of benzene rings is 2. The molecule has 134 valence electrons. The Bertz CT molecular complexity index is 832. The first-order chi connectivity index (χ1) is 12.7. The standard InChI is InChI=1S/C19H19N3O4/c1-2-12-24-16-10-8-14(9-11-16)18-21-19(22-26-18)20-17(23)13-25-15-6-4-3-5-7-15/h3-11H,2,12-13H2,1H3,(H,20,22,23). The Morgan fingerprint density at radius 1 is 1.04 bits per heavy atom. The van der Waals surface area contributed by atoms with E-state index in [0.717, 1.165) is 17.7 Å². The number of hydrogen-bond acceptors (Lipinski definition) is 6. The molecular formula is C19H19N3O4. The Balaban J connectivity index is 1.54. The van der Waals surface area contributed by atoms with E-state index in [2.05, 4.69) is 15.5 Å². The van der Waals surface area contributed by atoms with Crippen molar-refractivity contribution in [3.05, 3.63) is 54.6 Å². The molecule has 1 heterocycles. The van der Waals surface area contributed by atoms with E-state index in [9.17, 15) is 4.79 Å². The van der Waals surface area contributed by atoms with E-state index in [1.54, 1.807) is 12.1 Å². The van der Waals surface area contributed by atoms with E-state index in [1.807, 2.05) is 49.4 Å². The quantitative estimate of drug-likeness (QED) is 0.666. The summed E-state index contributed by atoms with van der Waals surface area (Å²) in [6.07, 6.45) is 0.947. The molecule has 26 heavy (non-hydrogen) atoms. The van der Waals surface area contributed by atoms with Crippen LogP contribution in [0.1, 0.15) is 13.3 Å². The second-order valence-corrected chi connectivity index (χ2v) is 5.45. The first-order valence-electron chi connectivity index (χ1n) is 8.29. The van der Waals surface area contributed by atoms with Crippen molar-refractivity contribution in [3.8, 4) is 23.0 Å². The summed E-state index contributed by atoms with van der Waals surface area (Å²) in [7, 11) is 0. The highest BCUT2D eigenvalue weighted by Gasteiger charge is 2.12. The van der Waals surface area contributed by atoms with Crippen molar-refractivity contribution in [2.45, 2.75) is 13.3 Å². The lowest BCUT2D eigenvalue weighted by atomic mass is 10.2. The van der Waals surface area contributed by atoms with Gasteiger partial charge in [-0.25, -0.2) is 0 Å². The molecule has 0 saturated heterocycles. The number of para-hydroxylation sites is 1. The van der Waals surface area contributed by atoms with Gasteiger partial charge in [0.05, 0.1) is 6.61 Å². The van der Waals surface area contributed by atoms with E-state index in [1.165, 1.54) is 0 Å². The summed E-state index contributed by atoms with van der Waals surface area (Å²) in [5.41, 5.74) is 0.738. The molecule has 0 atom stereocenters. The third-order valence-electron chi connectivity index (χ3n) is 3.36. The number of amides is 1. The Morgan fingerprint density at radius 2 is 1.77 bits per heavy atom. The highest BCUT2D eigenvalue weighted by atomic mass is 16.5. The van der Waals surface area contributed by atoms with Crippen molar-refractivity contribution >= 4 is 11.9 Å². The highest BCUT2D eigenvalue weighted by molar-refractivity contribution is 5.90. The van der Waals surface area contributed by atoms with Crippen LogP contribution in [0.25, 0.3) is 11.5 Å². The molecule has 1 N–H and O–H groups in total. The molecule has 3 aromatic rings. The van der Waals surface area contributed by atoms with Gasteiger partial charge in [0.25, 0.3) is 17.7 Å². The summed E-state index contributed by atoms with van der Waals surface area (Å²) < 4.78 is 16.1. The number of nitrogens with one attached hydrogen (secondary N) is 1. The predicted molar refractivity (Wildman–Crippen MR) is 96.1 cm³/mol. The van der Waals surface area contributed by atoms with Gasteiger partial charge in [-0.15, -0.1) is 0 Å². The fourth-order valence-electron chi connectivity index (χ4n) is 2.13. The molecule has 2 aromatic carbocycles.